The van der Waals surface area contributed by atoms with Crippen LogP contribution in [0.5, 0.6) is 11.5 Å². The summed E-state index contributed by atoms with van der Waals surface area (Å²) in [6.45, 7) is 0. The van der Waals surface area contributed by atoms with Crippen LogP contribution >= 0.6 is 0 Å². The number of rotatable bonds is 4. The van der Waals surface area contributed by atoms with Crippen molar-refractivity contribution < 1.29 is 19.2 Å². The minimum Gasteiger partial charge on any atom is -0.497 e. The number of amides is 1. The first-order valence-electron chi connectivity index (χ1n) is 7.33. The van der Waals surface area contributed by atoms with E-state index in [0.29, 0.717) is 22.7 Å². The molecule has 1 heterocycles. The van der Waals surface area contributed by atoms with E-state index >= 15 is 0 Å². The topological polar surface area (TPSA) is 90.7 Å². The number of carbonyl (C=O) groups is 1. The Balaban J connectivity index is 2.16. The second-order valence-electron chi connectivity index (χ2n) is 5.45. The average molecular weight is 328 g/mol. The molecular formula is C17H16N2O5. The van der Waals surface area contributed by atoms with Crippen molar-refractivity contribution in [3.8, 4) is 11.5 Å². The molecule has 7 nitrogen and oxygen atoms in total. The van der Waals surface area contributed by atoms with E-state index in [9.17, 15) is 14.9 Å². The maximum atomic E-state index is 12.1. The zero-order valence-corrected chi connectivity index (χ0v) is 13.2. The standard InChI is InChI=1S/C17H16N2O5/c1-23-12-7-14-17(15(8-12)24-2)13(9-16(20)18-14)10-4-3-5-11(6-10)19(21)22/h3-8,13H,9H2,1-2H3,(H,18,20)/t13-/m1/s1. The number of fused-ring (bicyclic) bond motifs is 1. The van der Waals surface area contributed by atoms with Crippen molar-refractivity contribution in [2.45, 2.75) is 12.3 Å². The van der Waals surface area contributed by atoms with E-state index < -0.39 is 4.92 Å². The van der Waals surface area contributed by atoms with Gasteiger partial charge in [-0.05, 0) is 5.56 Å². The number of ether oxygens (including phenoxy) is 2. The molecule has 24 heavy (non-hydrogen) atoms. The molecule has 3 rings (SSSR count). The molecular weight excluding hydrogens is 312 g/mol. The largest absolute Gasteiger partial charge is 0.497 e. The van der Waals surface area contributed by atoms with Gasteiger partial charge in [0.1, 0.15) is 11.5 Å². The number of nitrogens with one attached hydrogen (secondary N) is 1. The SMILES string of the molecule is COc1cc2c(c(OC)c1)[C@@H](c1cccc([N+](=O)[O-])c1)CC(=O)N2. The maximum absolute atomic E-state index is 12.1. The van der Waals surface area contributed by atoms with Crippen LogP contribution in [0.25, 0.3) is 0 Å². The lowest BCUT2D eigenvalue weighted by Crippen LogP contribution is -2.24. The van der Waals surface area contributed by atoms with Crippen LogP contribution in [0.3, 0.4) is 0 Å². The number of nitro benzene ring substituents is 1. The van der Waals surface area contributed by atoms with Gasteiger partial charge < -0.3 is 14.8 Å². The Labute approximate surface area is 138 Å². The van der Waals surface area contributed by atoms with Crippen molar-refractivity contribution in [3.05, 3.63) is 57.6 Å². The number of non-ortho nitro benzene ring substituents is 1. The fourth-order valence-electron chi connectivity index (χ4n) is 2.98. The molecule has 0 saturated heterocycles. The van der Waals surface area contributed by atoms with Crippen LogP contribution in [-0.2, 0) is 4.79 Å². The number of benzene rings is 2. The third kappa shape index (κ3) is 2.76. The van der Waals surface area contributed by atoms with Crippen LogP contribution in [-0.4, -0.2) is 25.1 Å². The molecule has 124 valence electrons. The van der Waals surface area contributed by atoms with Gasteiger partial charge in [-0.15, -0.1) is 0 Å². The Morgan fingerprint density at radius 2 is 2.00 bits per heavy atom. The van der Waals surface area contributed by atoms with Crippen LogP contribution < -0.4 is 14.8 Å². The molecule has 1 aliphatic heterocycles. The summed E-state index contributed by atoms with van der Waals surface area (Å²) in [7, 11) is 3.07. The van der Waals surface area contributed by atoms with Crippen molar-refractivity contribution >= 4 is 17.3 Å². The lowest BCUT2D eigenvalue weighted by atomic mass is 9.84. The van der Waals surface area contributed by atoms with Gasteiger partial charge >= 0.3 is 0 Å². The highest BCUT2D eigenvalue weighted by Crippen LogP contribution is 2.45. The minimum atomic E-state index is -0.446. The van der Waals surface area contributed by atoms with Crippen LogP contribution in [0.15, 0.2) is 36.4 Å². The average Bonchev–Trinajstić information content (AvgIpc) is 2.59. The molecule has 2 aromatic carbocycles. The van der Waals surface area contributed by atoms with Crippen molar-refractivity contribution in [2.75, 3.05) is 19.5 Å². The number of anilines is 1. The van der Waals surface area contributed by atoms with Crippen LogP contribution in [0, 0.1) is 10.1 Å². The smallest absolute Gasteiger partial charge is 0.269 e. The molecule has 2 aromatic rings. The monoisotopic (exact) mass is 328 g/mol. The highest BCUT2D eigenvalue weighted by Gasteiger charge is 2.31. The van der Waals surface area contributed by atoms with E-state index in [4.69, 9.17) is 9.47 Å². The second kappa shape index (κ2) is 6.19. The summed E-state index contributed by atoms with van der Waals surface area (Å²) in [6, 6.07) is 9.79. The van der Waals surface area contributed by atoms with E-state index in [0.717, 1.165) is 5.56 Å². The summed E-state index contributed by atoms with van der Waals surface area (Å²) >= 11 is 0. The third-order valence-electron chi connectivity index (χ3n) is 4.07. The summed E-state index contributed by atoms with van der Waals surface area (Å²) in [4.78, 5) is 22.7. The number of hydrogen-bond acceptors (Lipinski definition) is 5. The molecule has 0 spiro atoms. The van der Waals surface area contributed by atoms with E-state index in [1.165, 1.54) is 26.4 Å². The summed E-state index contributed by atoms with van der Waals surface area (Å²) < 4.78 is 10.7. The molecule has 0 bridgehead atoms. The highest BCUT2D eigenvalue weighted by atomic mass is 16.6. The van der Waals surface area contributed by atoms with E-state index in [1.54, 1.807) is 24.3 Å². The molecule has 7 heteroatoms. The van der Waals surface area contributed by atoms with Crippen LogP contribution in [0.1, 0.15) is 23.5 Å². The highest BCUT2D eigenvalue weighted by molar-refractivity contribution is 5.96. The molecule has 1 aliphatic rings. The summed E-state index contributed by atoms with van der Waals surface area (Å²) in [5.41, 5.74) is 2.08. The molecule has 0 fully saturated rings. The summed E-state index contributed by atoms with van der Waals surface area (Å²) in [5, 5.41) is 13.9. The van der Waals surface area contributed by atoms with E-state index in [1.807, 2.05) is 0 Å². The first kappa shape index (κ1) is 15.8. The zero-order chi connectivity index (χ0) is 17.3. The van der Waals surface area contributed by atoms with Gasteiger partial charge in [0.2, 0.25) is 5.91 Å². The van der Waals surface area contributed by atoms with Gasteiger partial charge in [0.15, 0.2) is 0 Å². The summed E-state index contributed by atoms with van der Waals surface area (Å²) in [6.07, 6.45) is 0.191. The Kier molecular flexibility index (Phi) is 4.07. The van der Waals surface area contributed by atoms with Gasteiger partial charge in [-0.1, -0.05) is 12.1 Å². The molecule has 1 atom stereocenters. The predicted octanol–water partition coefficient (Wildman–Crippen LogP) is 3.09. The molecule has 0 saturated carbocycles. The Morgan fingerprint density at radius 1 is 1.21 bits per heavy atom. The lowest BCUT2D eigenvalue weighted by molar-refractivity contribution is -0.384. The molecule has 0 unspecified atom stereocenters. The van der Waals surface area contributed by atoms with Crippen molar-refractivity contribution in [3.63, 3.8) is 0 Å². The number of nitrogens with zero attached hydrogens (tertiary/aromatic N) is 1. The maximum Gasteiger partial charge on any atom is 0.269 e. The molecule has 0 aliphatic carbocycles. The quantitative estimate of drug-likeness (QED) is 0.688. The minimum absolute atomic E-state index is 0.00694. The number of methoxy groups -OCH3 is 2. The van der Waals surface area contributed by atoms with Gasteiger partial charge in [0, 0.05) is 42.2 Å². The van der Waals surface area contributed by atoms with Crippen molar-refractivity contribution in [2.24, 2.45) is 0 Å². The van der Waals surface area contributed by atoms with Gasteiger partial charge in [0.05, 0.1) is 24.8 Å². The van der Waals surface area contributed by atoms with Crippen molar-refractivity contribution in [1.29, 1.82) is 0 Å². The predicted molar refractivity (Wildman–Crippen MR) is 87.7 cm³/mol. The molecule has 1 amide bonds. The van der Waals surface area contributed by atoms with Crippen LogP contribution in [0.2, 0.25) is 0 Å². The van der Waals surface area contributed by atoms with Gasteiger partial charge in [-0.3, -0.25) is 14.9 Å². The summed E-state index contributed by atoms with van der Waals surface area (Å²) in [5.74, 6) is 0.648. The van der Waals surface area contributed by atoms with Gasteiger partial charge in [-0.25, -0.2) is 0 Å². The first-order chi connectivity index (χ1) is 11.5. The number of carbonyl (C=O) groups excluding carboxylic acids is 1. The molecule has 1 N–H and O–H groups in total. The second-order valence-corrected chi connectivity index (χ2v) is 5.45. The van der Waals surface area contributed by atoms with Crippen molar-refractivity contribution in [1.82, 2.24) is 0 Å². The molecule has 0 aromatic heterocycles. The van der Waals surface area contributed by atoms with E-state index in [-0.39, 0.29) is 23.9 Å². The van der Waals surface area contributed by atoms with Crippen LogP contribution in [0.4, 0.5) is 11.4 Å². The Morgan fingerprint density at radius 3 is 2.67 bits per heavy atom. The normalized spacial score (nSPS) is 16.1. The van der Waals surface area contributed by atoms with Gasteiger partial charge in [-0.2, -0.15) is 0 Å². The number of nitro groups is 1. The fraction of sp³-hybridized carbons (Fsp3) is 0.235. The zero-order valence-electron chi connectivity index (χ0n) is 13.2. The Hall–Kier alpha value is -3.09. The lowest BCUT2D eigenvalue weighted by Gasteiger charge is -2.28. The molecule has 0 radical (unpaired) electrons. The number of hydrogen-bond donors (Lipinski definition) is 1. The fourth-order valence-corrected chi connectivity index (χ4v) is 2.98. The van der Waals surface area contributed by atoms with Gasteiger partial charge in [0.25, 0.3) is 5.69 Å². The first-order valence-corrected chi connectivity index (χ1v) is 7.33. The Bertz CT molecular complexity index is 819. The van der Waals surface area contributed by atoms with E-state index in [2.05, 4.69) is 5.32 Å². The third-order valence-corrected chi connectivity index (χ3v) is 4.07.